The van der Waals surface area contributed by atoms with E-state index < -0.39 is 0 Å². The summed E-state index contributed by atoms with van der Waals surface area (Å²) in [5.41, 5.74) is 3.00. The Bertz CT molecular complexity index is 1040. The molecule has 134 valence electrons. The van der Waals surface area contributed by atoms with Crippen molar-refractivity contribution >= 4 is 33.1 Å². The van der Waals surface area contributed by atoms with E-state index in [2.05, 4.69) is 10.3 Å². The lowest BCUT2D eigenvalue weighted by Gasteiger charge is -2.11. The number of hydrogen-bond acceptors (Lipinski definition) is 4. The smallest absolute Gasteiger partial charge is 0.262 e. The van der Waals surface area contributed by atoms with Crippen molar-refractivity contribution in [3.63, 3.8) is 0 Å². The normalized spacial score (nSPS) is 13.6. The number of benzene rings is 1. The molecule has 0 fully saturated rings. The Kier molecular flexibility index (Phi) is 4.59. The molecular weight excluding hydrogens is 346 g/mol. The van der Waals surface area contributed by atoms with Crippen LogP contribution in [0.25, 0.3) is 10.2 Å². The summed E-state index contributed by atoms with van der Waals surface area (Å²) in [6.07, 6.45) is 6.15. The molecule has 1 aromatic carbocycles. The van der Waals surface area contributed by atoms with E-state index in [-0.39, 0.29) is 17.9 Å². The Morgan fingerprint density at radius 2 is 2.08 bits per heavy atom. The van der Waals surface area contributed by atoms with E-state index in [4.69, 9.17) is 0 Å². The summed E-state index contributed by atoms with van der Waals surface area (Å²) in [5, 5.41) is 3.68. The number of amides is 1. The van der Waals surface area contributed by atoms with Gasteiger partial charge in [-0.1, -0.05) is 18.2 Å². The lowest BCUT2D eigenvalue weighted by atomic mass is 9.97. The molecule has 0 bridgehead atoms. The third kappa shape index (κ3) is 3.17. The number of anilines is 1. The summed E-state index contributed by atoms with van der Waals surface area (Å²) >= 11 is 1.65. The number of nitrogens with one attached hydrogen (secondary N) is 1. The van der Waals surface area contributed by atoms with Crippen LogP contribution in [0.4, 0.5) is 5.69 Å². The predicted octanol–water partition coefficient (Wildman–Crippen LogP) is 3.67. The van der Waals surface area contributed by atoms with E-state index in [1.165, 1.54) is 16.9 Å². The van der Waals surface area contributed by atoms with Gasteiger partial charge in [0.05, 0.1) is 11.7 Å². The van der Waals surface area contributed by atoms with Crippen molar-refractivity contribution in [2.75, 3.05) is 5.32 Å². The van der Waals surface area contributed by atoms with Crippen LogP contribution < -0.4 is 10.9 Å². The van der Waals surface area contributed by atoms with Gasteiger partial charge < -0.3 is 5.32 Å². The van der Waals surface area contributed by atoms with Crippen molar-refractivity contribution in [3.05, 3.63) is 57.0 Å². The van der Waals surface area contributed by atoms with Crippen molar-refractivity contribution in [2.45, 2.75) is 45.6 Å². The van der Waals surface area contributed by atoms with Gasteiger partial charge in [0, 0.05) is 23.5 Å². The van der Waals surface area contributed by atoms with Gasteiger partial charge in [0.1, 0.15) is 4.83 Å². The van der Waals surface area contributed by atoms with Gasteiger partial charge in [-0.2, -0.15) is 0 Å². The number of thiophene rings is 1. The molecule has 3 aromatic rings. The number of aromatic nitrogens is 2. The largest absolute Gasteiger partial charge is 0.326 e. The summed E-state index contributed by atoms with van der Waals surface area (Å²) < 4.78 is 1.57. The molecule has 0 spiro atoms. The van der Waals surface area contributed by atoms with Gasteiger partial charge in [-0.15, -0.1) is 11.3 Å². The second-order valence-electron chi connectivity index (χ2n) is 6.75. The van der Waals surface area contributed by atoms with E-state index in [0.717, 1.165) is 40.7 Å². The molecule has 6 heteroatoms. The number of carbonyl (C=O) groups excluding carboxylic acids is 1. The minimum absolute atomic E-state index is 0.0157. The van der Waals surface area contributed by atoms with Gasteiger partial charge in [-0.25, -0.2) is 4.98 Å². The molecule has 1 N–H and O–H groups in total. The topological polar surface area (TPSA) is 64.0 Å². The van der Waals surface area contributed by atoms with Crippen LogP contribution in [0.15, 0.2) is 35.4 Å². The van der Waals surface area contributed by atoms with Crippen LogP contribution in [0.5, 0.6) is 0 Å². The first-order chi connectivity index (χ1) is 12.6. The Morgan fingerprint density at radius 1 is 1.27 bits per heavy atom. The fourth-order valence-electron chi connectivity index (χ4n) is 3.49. The third-order valence-corrected chi connectivity index (χ3v) is 6.14. The minimum Gasteiger partial charge on any atom is -0.326 e. The average molecular weight is 367 g/mol. The van der Waals surface area contributed by atoms with Gasteiger partial charge in [-0.05, 0) is 49.8 Å². The lowest BCUT2D eigenvalue weighted by Crippen LogP contribution is -2.24. The van der Waals surface area contributed by atoms with Crippen molar-refractivity contribution < 1.29 is 4.79 Å². The van der Waals surface area contributed by atoms with Gasteiger partial charge in [0.2, 0.25) is 5.91 Å². The van der Waals surface area contributed by atoms with Gasteiger partial charge in [0.25, 0.3) is 5.56 Å². The molecule has 5 nitrogen and oxygen atoms in total. The van der Waals surface area contributed by atoms with E-state index in [0.29, 0.717) is 6.54 Å². The first kappa shape index (κ1) is 17.0. The highest BCUT2D eigenvalue weighted by Crippen LogP contribution is 2.33. The van der Waals surface area contributed by atoms with Crippen LogP contribution in [-0.4, -0.2) is 15.5 Å². The number of aryl methyl sites for hydroxylation is 4. The van der Waals surface area contributed by atoms with E-state index in [1.807, 2.05) is 31.2 Å². The number of nitrogens with zero attached hydrogens (tertiary/aromatic N) is 2. The maximum atomic E-state index is 12.9. The molecule has 0 saturated heterocycles. The molecular formula is C20H21N3O2S. The zero-order valence-corrected chi connectivity index (χ0v) is 15.6. The molecule has 0 radical (unpaired) electrons. The van der Waals surface area contributed by atoms with E-state index >= 15 is 0 Å². The molecule has 2 heterocycles. The number of para-hydroxylation sites is 1. The number of hydrogen-bond donors (Lipinski definition) is 1. The monoisotopic (exact) mass is 367 g/mol. The Hall–Kier alpha value is -2.47. The summed E-state index contributed by atoms with van der Waals surface area (Å²) in [5.74, 6) is -0.0985. The fourth-order valence-corrected chi connectivity index (χ4v) is 4.71. The van der Waals surface area contributed by atoms with Crippen molar-refractivity contribution in [1.29, 1.82) is 0 Å². The zero-order chi connectivity index (χ0) is 18.1. The number of carbonyl (C=O) groups is 1. The quantitative estimate of drug-likeness (QED) is 0.765. The Labute approximate surface area is 155 Å². The summed E-state index contributed by atoms with van der Waals surface area (Å²) in [7, 11) is 0. The van der Waals surface area contributed by atoms with Gasteiger partial charge in [0.15, 0.2) is 0 Å². The molecule has 0 atom stereocenters. The average Bonchev–Trinajstić information content (AvgIpc) is 3.02. The van der Waals surface area contributed by atoms with Crippen LogP contribution in [-0.2, 0) is 24.2 Å². The summed E-state index contributed by atoms with van der Waals surface area (Å²) in [6, 6.07) is 7.67. The summed E-state index contributed by atoms with van der Waals surface area (Å²) in [4.78, 5) is 31.8. The number of fused-ring (bicyclic) bond motifs is 3. The third-order valence-electron chi connectivity index (χ3n) is 4.94. The molecule has 0 saturated carbocycles. The second kappa shape index (κ2) is 7.03. The van der Waals surface area contributed by atoms with Crippen LogP contribution in [0, 0.1) is 6.92 Å². The molecule has 0 aliphatic heterocycles. The molecule has 1 aliphatic carbocycles. The van der Waals surface area contributed by atoms with Crippen molar-refractivity contribution in [1.82, 2.24) is 9.55 Å². The van der Waals surface area contributed by atoms with Crippen molar-refractivity contribution in [2.24, 2.45) is 0 Å². The maximum Gasteiger partial charge on any atom is 0.262 e. The number of rotatable bonds is 4. The first-order valence-corrected chi connectivity index (χ1v) is 9.80. The van der Waals surface area contributed by atoms with Crippen LogP contribution in [0.3, 0.4) is 0 Å². The SMILES string of the molecule is Cc1ccccc1NC(=O)CCn1cnc2sc3c(c2c1=O)CCCC3. The van der Waals surface area contributed by atoms with Crippen LogP contribution in [0.1, 0.15) is 35.3 Å². The van der Waals surface area contributed by atoms with E-state index in [1.54, 1.807) is 22.2 Å². The molecule has 4 rings (SSSR count). The predicted molar refractivity (Wildman–Crippen MR) is 105 cm³/mol. The fraction of sp³-hybridized carbons (Fsp3) is 0.350. The second-order valence-corrected chi connectivity index (χ2v) is 7.83. The summed E-state index contributed by atoms with van der Waals surface area (Å²) in [6.45, 7) is 2.29. The van der Waals surface area contributed by atoms with Crippen LogP contribution in [0.2, 0.25) is 0 Å². The standard InChI is InChI=1S/C20H21N3O2S/c1-13-6-2-4-8-15(13)22-17(24)10-11-23-12-21-19-18(20(23)25)14-7-3-5-9-16(14)26-19/h2,4,6,8,12H,3,5,7,9-11H2,1H3,(H,22,24). The molecule has 1 aliphatic rings. The van der Waals surface area contributed by atoms with Crippen molar-refractivity contribution in [3.8, 4) is 0 Å². The van der Waals surface area contributed by atoms with Crippen LogP contribution >= 0.6 is 11.3 Å². The Balaban J connectivity index is 1.52. The zero-order valence-electron chi connectivity index (χ0n) is 14.7. The highest BCUT2D eigenvalue weighted by molar-refractivity contribution is 7.18. The maximum absolute atomic E-state index is 12.9. The van der Waals surface area contributed by atoms with Gasteiger partial charge in [-0.3, -0.25) is 14.2 Å². The molecule has 0 unspecified atom stereocenters. The first-order valence-electron chi connectivity index (χ1n) is 8.98. The highest BCUT2D eigenvalue weighted by atomic mass is 32.1. The Morgan fingerprint density at radius 3 is 2.92 bits per heavy atom. The van der Waals surface area contributed by atoms with E-state index in [9.17, 15) is 9.59 Å². The highest BCUT2D eigenvalue weighted by Gasteiger charge is 2.20. The molecule has 1 amide bonds. The molecule has 2 aromatic heterocycles. The van der Waals surface area contributed by atoms with Gasteiger partial charge >= 0.3 is 0 Å². The molecule has 26 heavy (non-hydrogen) atoms. The lowest BCUT2D eigenvalue weighted by molar-refractivity contribution is -0.116. The minimum atomic E-state index is -0.0985.